The van der Waals surface area contributed by atoms with Gasteiger partial charge < -0.3 is 14.6 Å². The van der Waals surface area contributed by atoms with Crippen molar-refractivity contribution in [2.45, 2.75) is 58.6 Å². The number of fused-ring (bicyclic) bond motifs is 1. The molecule has 2 aliphatic rings. The van der Waals surface area contributed by atoms with Crippen LogP contribution in [0, 0.1) is 11.7 Å². The van der Waals surface area contributed by atoms with Crippen molar-refractivity contribution in [3.05, 3.63) is 76.7 Å². The van der Waals surface area contributed by atoms with Gasteiger partial charge in [0, 0.05) is 18.2 Å². The summed E-state index contributed by atoms with van der Waals surface area (Å²) in [6, 6.07) is 13.9. The number of hydrogen-bond acceptors (Lipinski definition) is 5. The Morgan fingerprint density at radius 3 is 2.76 bits per heavy atom. The molecule has 0 amide bonds. The number of carboxylic acids is 1. The fourth-order valence-electron chi connectivity index (χ4n) is 5.46. The summed E-state index contributed by atoms with van der Waals surface area (Å²) < 4.78 is 27.0. The third-order valence-corrected chi connectivity index (χ3v) is 7.55. The molecule has 38 heavy (non-hydrogen) atoms. The highest BCUT2D eigenvalue weighted by molar-refractivity contribution is 5.70. The number of pyridine rings is 1. The molecule has 0 aliphatic carbocycles. The Bertz CT molecular complexity index is 1310. The van der Waals surface area contributed by atoms with Gasteiger partial charge in [-0.2, -0.15) is 0 Å². The van der Waals surface area contributed by atoms with Crippen molar-refractivity contribution in [2.75, 3.05) is 19.7 Å². The van der Waals surface area contributed by atoms with E-state index in [0.717, 1.165) is 66.0 Å². The number of carboxylic acid groups (broad SMARTS) is 1. The van der Waals surface area contributed by atoms with E-state index in [0.29, 0.717) is 24.5 Å². The van der Waals surface area contributed by atoms with Crippen molar-refractivity contribution in [3.8, 4) is 22.8 Å². The molecule has 7 heteroatoms. The molecule has 1 aromatic heterocycles. The fraction of sp³-hybridized carbons (Fsp3) is 0.419. The molecule has 0 spiro atoms. The summed E-state index contributed by atoms with van der Waals surface area (Å²) in [5.74, 6) is -0.380. The SMILES string of the molecule is CCOc1cc(-c2ccc(C3CCc4ccc(CC(C)C(=O)O)cc4O3)cc2CN2CCCC2)c(F)cn1. The van der Waals surface area contributed by atoms with Crippen LogP contribution in [0.1, 0.15) is 61.5 Å². The Morgan fingerprint density at radius 1 is 1.18 bits per heavy atom. The number of aliphatic carboxylic acids is 1. The maximum absolute atomic E-state index is 15.0. The third-order valence-electron chi connectivity index (χ3n) is 7.55. The van der Waals surface area contributed by atoms with Crippen LogP contribution >= 0.6 is 0 Å². The minimum absolute atomic E-state index is 0.123. The highest BCUT2D eigenvalue weighted by Gasteiger charge is 2.25. The van der Waals surface area contributed by atoms with Gasteiger partial charge in [-0.3, -0.25) is 9.69 Å². The van der Waals surface area contributed by atoms with E-state index in [1.807, 2.05) is 31.2 Å². The van der Waals surface area contributed by atoms with E-state index >= 15 is 0 Å². The lowest BCUT2D eigenvalue weighted by molar-refractivity contribution is -0.141. The largest absolute Gasteiger partial charge is 0.485 e. The van der Waals surface area contributed by atoms with Crippen LogP contribution in [0.4, 0.5) is 4.39 Å². The average Bonchev–Trinajstić information content (AvgIpc) is 3.43. The Hall–Kier alpha value is -3.45. The lowest BCUT2D eigenvalue weighted by Crippen LogP contribution is -2.20. The summed E-state index contributed by atoms with van der Waals surface area (Å²) in [5.41, 5.74) is 5.58. The molecule has 2 aromatic carbocycles. The van der Waals surface area contributed by atoms with E-state index in [9.17, 15) is 14.3 Å². The van der Waals surface area contributed by atoms with Crippen LogP contribution in [0.2, 0.25) is 0 Å². The first-order valence-corrected chi connectivity index (χ1v) is 13.6. The maximum atomic E-state index is 15.0. The molecule has 200 valence electrons. The zero-order chi connectivity index (χ0) is 26.6. The van der Waals surface area contributed by atoms with Gasteiger partial charge in [-0.05, 0) is 86.0 Å². The van der Waals surface area contributed by atoms with Crippen molar-refractivity contribution in [3.63, 3.8) is 0 Å². The zero-order valence-corrected chi connectivity index (χ0v) is 22.1. The molecule has 2 atom stereocenters. The predicted octanol–water partition coefficient (Wildman–Crippen LogP) is 6.21. The highest BCUT2D eigenvalue weighted by atomic mass is 19.1. The van der Waals surface area contributed by atoms with E-state index in [4.69, 9.17) is 9.47 Å². The van der Waals surface area contributed by atoms with Crippen molar-refractivity contribution >= 4 is 5.97 Å². The number of halogens is 1. The van der Waals surface area contributed by atoms with Crippen molar-refractivity contribution < 1.29 is 23.8 Å². The minimum atomic E-state index is -0.800. The average molecular weight is 519 g/mol. The van der Waals surface area contributed by atoms with Gasteiger partial charge >= 0.3 is 5.97 Å². The quantitative estimate of drug-likeness (QED) is 0.363. The van der Waals surface area contributed by atoms with Crippen molar-refractivity contribution in [1.29, 1.82) is 0 Å². The van der Waals surface area contributed by atoms with Gasteiger partial charge in [-0.15, -0.1) is 0 Å². The van der Waals surface area contributed by atoms with Crippen molar-refractivity contribution in [2.24, 2.45) is 5.92 Å². The van der Waals surface area contributed by atoms with Gasteiger partial charge in [0.1, 0.15) is 17.7 Å². The molecule has 5 rings (SSSR count). The standard InChI is InChI=1S/C31H35FN2O4/c1-3-37-30-17-26(27(32)18-33-30)25-10-8-23(16-24(25)19-34-12-4-5-13-34)28-11-9-22-7-6-21(15-29(22)38-28)14-20(2)31(35)36/h6-8,10,15-18,20,28H,3-5,9,11-14,19H2,1-2H3,(H,35,36). The predicted molar refractivity (Wildman–Crippen MR) is 144 cm³/mol. The van der Waals surface area contributed by atoms with Crippen LogP contribution in [0.3, 0.4) is 0 Å². The van der Waals surface area contributed by atoms with Crippen molar-refractivity contribution in [1.82, 2.24) is 9.88 Å². The van der Waals surface area contributed by atoms with Crippen LogP contribution in [0.25, 0.3) is 11.1 Å². The minimum Gasteiger partial charge on any atom is -0.485 e. The van der Waals surface area contributed by atoms with Crippen LogP contribution in [-0.2, 0) is 24.2 Å². The smallest absolute Gasteiger partial charge is 0.306 e. The Morgan fingerprint density at radius 2 is 2.00 bits per heavy atom. The van der Waals surface area contributed by atoms with Gasteiger partial charge in [0.05, 0.1) is 18.7 Å². The molecular formula is C31H35FN2O4. The molecule has 1 N–H and O–H groups in total. The molecule has 0 saturated carbocycles. The Kier molecular flexibility index (Phi) is 7.93. The van der Waals surface area contributed by atoms with E-state index in [-0.39, 0.29) is 11.9 Å². The summed E-state index contributed by atoms with van der Waals surface area (Å²) in [7, 11) is 0. The topological polar surface area (TPSA) is 71.9 Å². The first-order valence-electron chi connectivity index (χ1n) is 13.6. The summed E-state index contributed by atoms with van der Waals surface area (Å²) in [6.45, 7) is 6.90. The molecule has 3 aromatic rings. The van der Waals surface area contributed by atoms with Crippen LogP contribution in [0.5, 0.6) is 11.6 Å². The molecular weight excluding hydrogens is 483 g/mol. The number of ether oxygens (including phenoxy) is 2. The van der Waals surface area contributed by atoms with E-state index in [1.54, 1.807) is 13.0 Å². The Balaban J connectivity index is 1.45. The molecule has 1 fully saturated rings. The normalized spacial score (nSPS) is 18.0. The number of aromatic nitrogens is 1. The first-order chi connectivity index (χ1) is 18.4. The second-order valence-corrected chi connectivity index (χ2v) is 10.4. The molecule has 0 radical (unpaired) electrons. The van der Waals surface area contributed by atoms with E-state index in [2.05, 4.69) is 22.0 Å². The van der Waals surface area contributed by atoms with Gasteiger partial charge in [-0.25, -0.2) is 9.37 Å². The van der Waals surface area contributed by atoms with Gasteiger partial charge in [0.2, 0.25) is 5.88 Å². The fourth-order valence-corrected chi connectivity index (χ4v) is 5.46. The molecule has 2 unspecified atom stereocenters. The van der Waals surface area contributed by atoms with E-state index in [1.165, 1.54) is 19.0 Å². The second kappa shape index (κ2) is 11.5. The van der Waals surface area contributed by atoms with Gasteiger partial charge in [0.25, 0.3) is 0 Å². The Labute approximate surface area is 223 Å². The molecule has 0 bridgehead atoms. The monoisotopic (exact) mass is 518 g/mol. The molecule has 3 heterocycles. The number of hydrogen-bond donors (Lipinski definition) is 1. The summed E-state index contributed by atoms with van der Waals surface area (Å²) in [6.07, 6.45) is 5.66. The molecule has 2 aliphatic heterocycles. The lowest BCUT2D eigenvalue weighted by atomic mass is 9.91. The third kappa shape index (κ3) is 5.83. The summed E-state index contributed by atoms with van der Waals surface area (Å²) in [4.78, 5) is 17.8. The van der Waals surface area contributed by atoms with Crippen LogP contribution < -0.4 is 9.47 Å². The number of benzene rings is 2. The number of aryl methyl sites for hydroxylation is 1. The second-order valence-electron chi connectivity index (χ2n) is 10.4. The summed E-state index contributed by atoms with van der Waals surface area (Å²) in [5, 5.41) is 9.30. The van der Waals surface area contributed by atoms with Crippen LogP contribution in [0.15, 0.2) is 48.7 Å². The van der Waals surface area contributed by atoms with Crippen LogP contribution in [-0.4, -0.2) is 40.7 Å². The number of likely N-dealkylation sites (tertiary alicyclic amines) is 1. The van der Waals surface area contributed by atoms with Gasteiger partial charge in [0.15, 0.2) is 0 Å². The zero-order valence-electron chi connectivity index (χ0n) is 22.1. The number of carbonyl (C=O) groups is 1. The molecule has 1 saturated heterocycles. The first kappa shape index (κ1) is 26.2. The number of rotatable bonds is 9. The van der Waals surface area contributed by atoms with E-state index < -0.39 is 11.9 Å². The lowest BCUT2D eigenvalue weighted by Gasteiger charge is -2.28. The molecule has 6 nitrogen and oxygen atoms in total. The summed E-state index contributed by atoms with van der Waals surface area (Å²) >= 11 is 0. The number of nitrogens with zero attached hydrogens (tertiary/aromatic N) is 2. The maximum Gasteiger partial charge on any atom is 0.306 e. The highest BCUT2D eigenvalue weighted by Crippen LogP contribution is 2.38. The van der Waals surface area contributed by atoms with Gasteiger partial charge in [-0.1, -0.05) is 37.3 Å².